The maximum Gasteiger partial charge on any atom is 0.251 e. The van der Waals surface area contributed by atoms with Crippen molar-refractivity contribution < 1.29 is 21.6 Å². The van der Waals surface area contributed by atoms with Gasteiger partial charge in [0.15, 0.2) is 0 Å². The van der Waals surface area contributed by atoms with E-state index in [4.69, 9.17) is 0 Å². The standard InChI is InChI=1S/C20H31N3O5S2/c1-22(18-8-4-3-5-9-18)30(27,28)19-12-10-16(11-13-19)20(24)21-17-7-6-14-23(15-17)29(2,25)26/h10-13,17-18H,3-9,14-15H2,1-2H3,(H,21,24). The maximum absolute atomic E-state index is 12.9. The highest BCUT2D eigenvalue weighted by molar-refractivity contribution is 7.89. The van der Waals surface area contributed by atoms with Crippen LogP contribution in [0, 0.1) is 0 Å². The molecular weight excluding hydrogens is 426 g/mol. The van der Waals surface area contributed by atoms with Crippen LogP contribution in [0.25, 0.3) is 0 Å². The van der Waals surface area contributed by atoms with Gasteiger partial charge in [0.2, 0.25) is 20.0 Å². The molecule has 1 aliphatic heterocycles. The molecule has 1 amide bonds. The molecule has 168 valence electrons. The number of hydrogen-bond acceptors (Lipinski definition) is 5. The Kier molecular flexibility index (Phi) is 7.21. The fraction of sp³-hybridized carbons (Fsp3) is 0.650. The van der Waals surface area contributed by atoms with Crippen LogP contribution in [0.4, 0.5) is 0 Å². The van der Waals surface area contributed by atoms with E-state index in [1.165, 1.54) is 39.1 Å². The first-order chi connectivity index (χ1) is 14.1. The minimum Gasteiger partial charge on any atom is -0.348 e. The first-order valence-electron chi connectivity index (χ1n) is 10.4. The third-order valence-corrected chi connectivity index (χ3v) is 9.26. The number of piperidine rings is 1. The van der Waals surface area contributed by atoms with Gasteiger partial charge in [-0.15, -0.1) is 0 Å². The molecule has 1 aromatic carbocycles. The molecule has 3 rings (SSSR count). The quantitative estimate of drug-likeness (QED) is 0.701. The monoisotopic (exact) mass is 457 g/mol. The molecule has 1 atom stereocenters. The first-order valence-corrected chi connectivity index (χ1v) is 13.7. The topological polar surface area (TPSA) is 104 Å². The summed E-state index contributed by atoms with van der Waals surface area (Å²) in [4.78, 5) is 12.7. The van der Waals surface area contributed by atoms with Gasteiger partial charge < -0.3 is 5.32 Å². The van der Waals surface area contributed by atoms with Gasteiger partial charge in [-0.2, -0.15) is 4.31 Å². The van der Waals surface area contributed by atoms with Crippen molar-refractivity contribution in [1.82, 2.24) is 13.9 Å². The average molecular weight is 458 g/mol. The molecule has 10 heteroatoms. The Morgan fingerprint density at radius 1 is 1.00 bits per heavy atom. The molecule has 1 N–H and O–H groups in total. The fourth-order valence-electron chi connectivity index (χ4n) is 4.22. The molecule has 2 aliphatic rings. The van der Waals surface area contributed by atoms with E-state index < -0.39 is 20.0 Å². The molecule has 2 fully saturated rings. The van der Waals surface area contributed by atoms with Crippen LogP contribution in [0.3, 0.4) is 0 Å². The summed E-state index contributed by atoms with van der Waals surface area (Å²) < 4.78 is 52.2. The number of nitrogens with zero attached hydrogens (tertiary/aromatic N) is 2. The van der Waals surface area contributed by atoms with E-state index >= 15 is 0 Å². The van der Waals surface area contributed by atoms with E-state index in [1.807, 2.05) is 0 Å². The van der Waals surface area contributed by atoms with E-state index in [2.05, 4.69) is 5.32 Å². The molecular formula is C20H31N3O5S2. The van der Waals surface area contributed by atoms with Crippen LogP contribution in [0.1, 0.15) is 55.3 Å². The van der Waals surface area contributed by atoms with Gasteiger partial charge in [-0.05, 0) is 49.9 Å². The van der Waals surface area contributed by atoms with E-state index in [1.54, 1.807) is 7.05 Å². The van der Waals surface area contributed by atoms with Gasteiger partial charge in [0.25, 0.3) is 5.91 Å². The molecule has 0 aromatic heterocycles. The van der Waals surface area contributed by atoms with E-state index in [-0.39, 0.29) is 29.4 Å². The highest BCUT2D eigenvalue weighted by atomic mass is 32.2. The lowest BCUT2D eigenvalue weighted by Crippen LogP contribution is -2.49. The SMILES string of the molecule is CN(C1CCCCC1)S(=O)(=O)c1ccc(C(=O)NC2CCCN(S(C)(=O)=O)C2)cc1. The normalized spacial score (nSPS) is 22.2. The fourth-order valence-corrected chi connectivity index (χ4v) is 6.54. The zero-order valence-electron chi connectivity index (χ0n) is 17.6. The third-order valence-electron chi connectivity index (χ3n) is 6.07. The molecule has 1 saturated carbocycles. The van der Waals surface area contributed by atoms with Crippen molar-refractivity contribution in [1.29, 1.82) is 0 Å². The summed E-state index contributed by atoms with van der Waals surface area (Å²) in [6, 6.07) is 5.71. The Bertz CT molecular complexity index is 955. The number of nitrogens with one attached hydrogen (secondary N) is 1. The lowest BCUT2D eigenvalue weighted by atomic mass is 9.96. The molecule has 0 spiro atoms. The number of rotatable bonds is 6. The van der Waals surface area contributed by atoms with Gasteiger partial charge >= 0.3 is 0 Å². The summed E-state index contributed by atoms with van der Waals surface area (Å²) in [6.45, 7) is 0.718. The third kappa shape index (κ3) is 5.40. The zero-order valence-corrected chi connectivity index (χ0v) is 19.2. The van der Waals surface area contributed by atoms with Crippen LogP contribution in [0.15, 0.2) is 29.2 Å². The van der Waals surface area contributed by atoms with Gasteiger partial charge in [-0.25, -0.2) is 21.1 Å². The van der Waals surface area contributed by atoms with E-state index in [0.717, 1.165) is 32.1 Å². The summed E-state index contributed by atoms with van der Waals surface area (Å²) in [5.41, 5.74) is 0.353. The Hall–Kier alpha value is -1.49. The van der Waals surface area contributed by atoms with Gasteiger partial charge in [0.1, 0.15) is 0 Å². The summed E-state index contributed by atoms with van der Waals surface area (Å²) in [7, 11) is -5.26. The molecule has 1 saturated heterocycles. The number of sulfonamides is 2. The minimum atomic E-state index is -3.60. The molecule has 1 aliphatic carbocycles. The van der Waals surface area contributed by atoms with Crippen molar-refractivity contribution in [2.24, 2.45) is 0 Å². The molecule has 8 nitrogen and oxygen atoms in total. The van der Waals surface area contributed by atoms with Crippen LogP contribution in [0.5, 0.6) is 0 Å². The van der Waals surface area contributed by atoms with Gasteiger partial charge in [-0.3, -0.25) is 4.79 Å². The second-order valence-corrected chi connectivity index (χ2v) is 12.3. The number of carbonyl (C=O) groups excluding carboxylic acids is 1. The Labute approximate surface area is 179 Å². The minimum absolute atomic E-state index is 0.0239. The second-order valence-electron chi connectivity index (χ2n) is 8.27. The van der Waals surface area contributed by atoms with Crippen molar-refractivity contribution in [3.8, 4) is 0 Å². The van der Waals surface area contributed by atoms with Crippen molar-refractivity contribution >= 4 is 26.0 Å². The van der Waals surface area contributed by atoms with Crippen molar-refractivity contribution in [2.45, 2.75) is 61.9 Å². The molecule has 1 unspecified atom stereocenters. The van der Waals surface area contributed by atoms with Gasteiger partial charge in [-0.1, -0.05) is 19.3 Å². The second kappa shape index (κ2) is 9.33. The lowest BCUT2D eigenvalue weighted by Gasteiger charge is -2.31. The summed E-state index contributed by atoms with van der Waals surface area (Å²) in [5, 5.41) is 2.86. The predicted octanol–water partition coefficient (Wildman–Crippen LogP) is 1.79. The Morgan fingerprint density at radius 2 is 1.63 bits per heavy atom. The zero-order chi connectivity index (χ0) is 21.9. The highest BCUT2D eigenvalue weighted by Gasteiger charge is 2.30. The lowest BCUT2D eigenvalue weighted by molar-refractivity contribution is 0.0921. The van der Waals surface area contributed by atoms with Crippen LogP contribution in [-0.4, -0.2) is 69.8 Å². The number of hydrogen-bond donors (Lipinski definition) is 1. The number of amides is 1. The van der Waals surface area contributed by atoms with Crippen LogP contribution in [-0.2, 0) is 20.0 Å². The van der Waals surface area contributed by atoms with E-state index in [9.17, 15) is 21.6 Å². The van der Waals surface area contributed by atoms with Crippen molar-refractivity contribution in [3.63, 3.8) is 0 Å². The molecule has 1 heterocycles. The Morgan fingerprint density at radius 3 is 2.23 bits per heavy atom. The molecule has 30 heavy (non-hydrogen) atoms. The van der Waals surface area contributed by atoms with Gasteiger partial charge in [0, 0.05) is 37.8 Å². The Balaban J connectivity index is 1.65. The molecule has 0 radical (unpaired) electrons. The maximum atomic E-state index is 12.9. The number of carbonyl (C=O) groups is 1. The van der Waals surface area contributed by atoms with Crippen molar-refractivity contribution in [2.75, 3.05) is 26.4 Å². The summed E-state index contributed by atoms with van der Waals surface area (Å²) in [5.74, 6) is -0.333. The largest absolute Gasteiger partial charge is 0.348 e. The predicted molar refractivity (Wildman–Crippen MR) is 115 cm³/mol. The van der Waals surface area contributed by atoms with Crippen LogP contribution < -0.4 is 5.32 Å². The molecule has 0 bridgehead atoms. The van der Waals surface area contributed by atoms with Crippen molar-refractivity contribution in [3.05, 3.63) is 29.8 Å². The number of benzene rings is 1. The van der Waals surface area contributed by atoms with Crippen LogP contribution >= 0.6 is 0 Å². The molecule has 1 aromatic rings. The average Bonchev–Trinajstić information content (AvgIpc) is 2.73. The first kappa shape index (κ1) is 23.2. The summed E-state index contributed by atoms with van der Waals surface area (Å²) >= 11 is 0. The van der Waals surface area contributed by atoms with Crippen LogP contribution in [0.2, 0.25) is 0 Å². The van der Waals surface area contributed by atoms with E-state index in [0.29, 0.717) is 24.9 Å². The highest BCUT2D eigenvalue weighted by Crippen LogP contribution is 2.26. The summed E-state index contributed by atoms with van der Waals surface area (Å²) in [6.07, 6.45) is 7.55. The van der Waals surface area contributed by atoms with Gasteiger partial charge in [0.05, 0.1) is 11.2 Å². The smallest absolute Gasteiger partial charge is 0.251 e.